The number of hydrogen-bond donors (Lipinski definition) is 1. The number of imide groups is 1. The van der Waals surface area contributed by atoms with Gasteiger partial charge in [0.25, 0.3) is 11.8 Å². The molecule has 2 aromatic rings. The van der Waals surface area contributed by atoms with Gasteiger partial charge in [-0.05, 0) is 43.2 Å². The van der Waals surface area contributed by atoms with Crippen LogP contribution in [-0.2, 0) is 9.59 Å². The first kappa shape index (κ1) is 17.7. The third kappa shape index (κ3) is 3.47. The summed E-state index contributed by atoms with van der Waals surface area (Å²) in [6.45, 7) is 4.87. The van der Waals surface area contributed by atoms with Gasteiger partial charge < -0.3 is 10.1 Å². The van der Waals surface area contributed by atoms with E-state index < -0.39 is 0 Å². The predicted molar refractivity (Wildman–Crippen MR) is 102 cm³/mol. The van der Waals surface area contributed by atoms with E-state index in [1.165, 1.54) is 4.90 Å². The normalized spacial score (nSPS) is 14.2. The minimum absolute atomic E-state index is 0.253. The summed E-state index contributed by atoms with van der Waals surface area (Å²) >= 11 is 0. The van der Waals surface area contributed by atoms with Crippen LogP contribution in [0.25, 0.3) is 5.57 Å². The van der Waals surface area contributed by atoms with E-state index in [0.29, 0.717) is 24.4 Å². The lowest BCUT2D eigenvalue weighted by atomic mass is 10.0. The molecule has 2 amide bonds. The Labute approximate surface area is 153 Å². The Morgan fingerprint density at radius 1 is 0.923 bits per heavy atom. The van der Waals surface area contributed by atoms with Crippen LogP contribution in [0.3, 0.4) is 0 Å². The lowest BCUT2D eigenvalue weighted by Crippen LogP contribution is -2.33. The Morgan fingerprint density at radius 2 is 1.62 bits per heavy atom. The van der Waals surface area contributed by atoms with E-state index in [-0.39, 0.29) is 11.8 Å². The number of hydrogen-bond acceptors (Lipinski definition) is 4. The maximum absolute atomic E-state index is 12.8. The molecular weight excluding hydrogens is 328 g/mol. The number of carbonyl (C=O) groups excluding carboxylic acids is 2. The van der Waals surface area contributed by atoms with Gasteiger partial charge in [0.2, 0.25) is 0 Å². The number of amides is 2. The van der Waals surface area contributed by atoms with Crippen molar-refractivity contribution in [3.8, 4) is 5.75 Å². The van der Waals surface area contributed by atoms with Gasteiger partial charge in [0.1, 0.15) is 11.4 Å². The van der Waals surface area contributed by atoms with Crippen molar-refractivity contribution in [1.29, 1.82) is 0 Å². The Hall–Kier alpha value is -3.08. The molecule has 1 N–H and O–H groups in total. The summed E-state index contributed by atoms with van der Waals surface area (Å²) < 4.78 is 5.44. The summed E-state index contributed by atoms with van der Waals surface area (Å²) in [5, 5.41) is 3.14. The quantitative estimate of drug-likeness (QED) is 0.774. The molecule has 1 aliphatic heterocycles. The van der Waals surface area contributed by atoms with Crippen LogP contribution in [0.2, 0.25) is 0 Å². The average Bonchev–Trinajstić information content (AvgIpc) is 2.89. The standard InChI is InChI=1S/C21H22N2O3/c1-3-14-23-20(24)18(15-8-6-5-7-9-15)19(21(23)25)22-16-10-12-17(13-11-16)26-4-2/h5-13,22H,3-4,14H2,1-2H3. The second-order valence-corrected chi connectivity index (χ2v) is 5.96. The lowest BCUT2D eigenvalue weighted by Gasteiger charge is -2.13. The topological polar surface area (TPSA) is 58.6 Å². The van der Waals surface area contributed by atoms with Crippen molar-refractivity contribution in [2.75, 3.05) is 18.5 Å². The van der Waals surface area contributed by atoms with Crippen molar-refractivity contribution >= 4 is 23.1 Å². The van der Waals surface area contributed by atoms with E-state index in [2.05, 4.69) is 5.32 Å². The first-order valence-corrected chi connectivity index (χ1v) is 8.81. The molecule has 0 bridgehead atoms. The first-order chi connectivity index (χ1) is 12.7. The van der Waals surface area contributed by atoms with Crippen LogP contribution >= 0.6 is 0 Å². The molecular formula is C21H22N2O3. The molecule has 1 aliphatic rings. The zero-order valence-electron chi connectivity index (χ0n) is 15.0. The molecule has 134 valence electrons. The summed E-state index contributed by atoms with van der Waals surface area (Å²) in [7, 11) is 0. The van der Waals surface area contributed by atoms with Crippen molar-refractivity contribution in [2.45, 2.75) is 20.3 Å². The molecule has 0 saturated heterocycles. The minimum Gasteiger partial charge on any atom is -0.494 e. The van der Waals surface area contributed by atoms with Crippen molar-refractivity contribution in [2.24, 2.45) is 0 Å². The monoisotopic (exact) mass is 350 g/mol. The number of rotatable bonds is 7. The predicted octanol–water partition coefficient (Wildman–Crippen LogP) is 3.69. The number of nitrogens with one attached hydrogen (secondary N) is 1. The van der Waals surface area contributed by atoms with Gasteiger partial charge in [0, 0.05) is 12.2 Å². The van der Waals surface area contributed by atoms with Crippen LogP contribution in [0.4, 0.5) is 5.69 Å². The summed E-state index contributed by atoms with van der Waals surface area (Å²) in [6.07, 6.45) is 0.718. The molecule has 3 rings (SSSR count). The Balaban J connectivity index is 1.97. The molecule has 2 aromatic carbocycles. The largest absolute Gasteiger partial charge is 0.494 e. The third-order valence-electron chi connectivity index (χ3n) is 4.11. The van der Waals surface area contributed by atoms with Crippen molar-refractivity contribution in [3.63, 3.8) is 0 Å². The van der Waals surface area contributed by atoms with Crippen molar-refractivity contribution in [3.05, 3.63) is 65.9 Å². The first-order valence-electron chi connectivity index (χ1n) is 8.81. The van der Waals surface area contributed by atoms with Crippen LogP contribution in [0, 0.1) is 0 Å². The van der Waals surface area contributed by atoms with Gasteiger partial charge in [-0.25, -0.2) is 0 Å². The molecule has 26 heavy (non-hydrogen) atoms. The fourth-order valence-corrected chi connectivity index (χ4v) is 2.94. The number of ether oxygens (including phenoxy) is 1. The van der Waals surface area contributed by atoms with Gasteiger partial charge in [-0.15, -0.1) is 0 Å². The van der Waals surface area contributed by atoms with Gasteiger partial charge in [0.05, 0.1) is 12.2 Å². The smallest absolute Gasteiger partial charge is 0.278 e. The molecule has 1 heterocycles. The van der Waals surface area contributed by atoms with Crippen LogP contribution < -0.4 is 10.1 Å². The fraction of sp³-hybridized carbons (Fsp3) is 0.238. The van der Waals surface area contributed by atoms with Gasteiger partial charge in [0.15, 0.2) is 0 Å². The molecule has 0 radical (unpaired) electrons. The second-order valence-electron chi connectivity index (χ2n) is 5.96. The van der Waals surface area contributed by atoms with E-state index in [1.54, 1.807) is 0 Å². The highest BCUT2D eigenvalue weighted by atomic mass is 16.5. The number of anilines is 1. The minimum atomic E-state index is -0.287. The van der Waals surface area contributed by atoms with Crippen LogP contribution in [0.5, 0.6) is 5.75 Å². The van der Waals surface area contributed by atoms with Gasteiger partial charge in [-0.2, -0.15) is 0 Å². The van der Waals surface area contributed by atoms with E-state index in [4.69, 9.17) is 4.74 Å². The number of carbonyl (C=O) groups is 2. The van der Waals surface area contributed by atoms with Crippen LogP contribution in [-0.4, -0.2) is 29.9 Å². The number of nitrogens with zero attached hydrogens (tertiary/aromatic N) is 1. The highest BCUT2D eigenvalue weighted by molar-refractivity contribution is 6.36. The van der Waals surface area contributed by atoms with Crippen LogP contribution in [0.1, 0.15) is 25.8 Å². The van der Waals surface area contributed by atoms with E-state index in [9.17, 15) is 9.59 Å². The molecule has 0 spiro atoms. The number of benzene rings is 2. The zero-order valence-corrected chi connectivity index (χ0v) is 15.0. The Bertz CT molecular complexity index is 826. The van der Waals surface area contributed by atoms with Crippen molar-refractivity contribution in [1.82, 2.24) is 4.90 Å². The van der Waals surface area contributed by atoms with Crippen molar-refractivity contribution < 1.29 is 14.3 Å². The SMILES string of the molecule is CCCN1C(=O)C(Nc2ccc(OCC)cc2)=C(c2ccccc2)C1=O. The molecule has 5 heteroatoms. The second kappa shape index (κ2) is 7.87. The molecule has 0 atom stereocenters. The van der Waals surface area contributed by atoms with Gasteiger partial charge in [-0.1, -0.05) is 37.3 Å². The average molecular weight is 350 g/mol. The highest BCUT2D eigenvalue weighted by Gasteiger charge is 2.38. The van der Waals surface area contributed by atoms with E-state index >= 15 is 0 Å². The third-order valence-corrected chi connectivity index (χ3v) is 4.11. The maximum Gasteiger partial charge on any atom is 0.278 e. The molecule has 0 aromatic heterocycles. The molecule has 0 unspecified atom stereocenters. The van der Waals surface area contributed by atoms with Gasteiger partial charge >= 0.3 is 0 Å². The summed E-state index contributed by atoms with van der Waals surface area (Å²) in [5.74, 6) is 0.220. The molecule has 5 nitrogen and oxygen atoms in total. The maximum atomic E-state index is 12.8. The lowest BCUT2D eigenvalue weighted by molar-refractivity contribution is -0.136. The zero-order chi connectivity index (χ0) is 18.5. The Morgan fingerprint density at radius 3 is 2.23 bits per heavy atom. The Kier molecular flexibility index (Phi) is 5.37. The van der Waals surface area contributed by atoms with E-state index in [1.807, 2.05) is 68.4 Å². The summed E-state index contributed by atoms with van der Waals surface area (Å²) in [6, 6.07) is 16.6. The highest BCUT2D eigenvalue weighted by Crippen LogP contribution is 2.30. The van der Waals surface area contributed by atoms with Crippen LogP contribution in [0.15, 0.2) is 60.3 Å². The van der Waals surface area contributed by atoms with Gasteiger partial charge in [-0.3, -0.25) is 14.5 Å². The van der Waals surface area contributed by atoms with E-state index in [0.717, 1.165) is 23.4 Å². The molecule has 0 saturated carbocycles. The fourth-order valence-electron chi connectivity index (χ4n) is 2.94. The summed E-state index contributed by atoms with van der Waals surface area (Å²) in [4.78, 5) is 27.0. The summed E-state index contributed by atoms with van der Waals surface area (Å²) in [5.41, 5.74) is 2.20. The molecule has 0 fully saturated rings. The molecule has 0 aliphatic carbocycles.